The predicted octanol–water partition coefficient (Wildman–Crippen LogP) is 3.75. The molecule has 0 bridgehead atoms. The number of halogens is 2. The number of nitro groups is 1. The Labute approximate surface area is 136 Å². The summed E-state index contributed by atoms with van der Waals surface area (Å²) in [5, 5.41) is 15.9. The van der Waals surface area contributed by atoms with Crippen LogP contribution >= 0.6 is 11.6 Å². The number of carbonyl (C=O) groups is 1. The Morgan fingerprint density at radius 1 is 1.30 bits per heavy atom. The molecule has 0 heterocycles. The second kappa shape index (κ2) is 7.06. The van der Waals surface area contributed by atoms with Crippen molar-refractivity contribution in [1.29, 1.82) is 0 Å². The highest BCUT2D eigenvalue weighted by molar-refractivity contribution is 6.31. The lowest BCUT2D eigenvalue weighted by Gasteiger charge is -2.09. The molecule has 23 heavy (non-hydrogen) atoms. The van der Waals surface area contributed by atoms with Crippen molar-refractivity contribution < 1.29 is 14.1 Å². The van der Waals surface area contributed by atoms with E-state index in [-0.39, 0.29) is 28.6 Å². The van der Waals surface area contributed by atoms with Crippen LogP contribution in [0.2, 0.25) is 5.02 Å². The summed E-state index contributed by atoms with van der Waals surface area (Å²) in [5.74, 6) is -1.21. The molecular formula is C15H13ClFN3O3. The summed E-state index contributed by atoms with van der Waals surface area (Å²) in [7, 11) is 0. The molecule has 0 unspecified atom stereocenters. The molecule has 2 aromatic carbocycles. The fourth-order valence-corrected chi connectivity index (χ4v) is 2.08. The summed E-state index contributed by atoms with van der Waals surface area (Å²) in [6.07, 6.45) is 0. The molecule has 2 aromatic rings. The fourth-order valence-electron chi connectivity index (χ4n) is 1.91. The Balaban J connectivity index is 2.06. The summed E-state index contributed by atoms with van der Waals surface area (Å²) in [4.78, 5) is 22.3. The first-order valence-corrected chi connectivity index (χ1v) is 6.99. The van der Waals surface area contributed by atoms with Crippen molar-refractivity contribution in [2.75, 3.05) is 17.2 Å². The molecule has 2 N–H and O–H groups in total. The normalized spacial score (nSPS) is 10.2. The fraction of sp³-hybridized carbons (Fsp3) is 0.133. The zero-order valence-electron chi connectivity index (χ0n) is 12.1. The minimum Gasteiger partial charge on any atom is -0.374 e. The van der Waals surface area contributed by atoms with E-state index in [1.807, 2.05) is 0 Å². The highest BCUT2D eigenvalue weighted by Gasteiger charge is 2.16. The van der Waals surface area contributed by atoms with Crippen LogP contribution in [0.3, 0.4) is 0 Å². The highest BCUT2D eigenvalue weighted by Crippen LogP contribution is 2.25. The van der Waals surface area contributed by atoms with Crippen LogP contribution in [-0.2, 0) is 4.79 Å². The van der Waals surface area contributed by atoms with Crippen molar-refractivity contribution >= 4 is 34.6 Å². The molecule has 0 saturated heterocycles. The van der Waals surface area contributed by atoms with Gasteiger partial charge in [0.2, 0.25) is 5.91 Å². The number of rotatable bonds is 5. The van der Waals surface area contributed by atoms with Gasteiger partial charge in [0.15, 0.2) is 5.82 Å². The summed E-state index contributed by atoms with van der Waals surface area (Å²) in [6, 6.07) is 8.81. The second-order valence-electron chi connectivity index (χ2n) is 4.78. The van der Waals surface area contributed by atoms with E-state index in [1.165, 1.54) is 30.3 Å². The molecule has 120 valence electrons. The van der Waals surface area contributed by atoms with Crippen LogP contribution in [0.15, 0.2) is 36.4 Å². The first-order chi connectivity index (χ1) is 10.9. The average molecular weight is 338 g/mol. The van der Waals surface area contributed by atoms with Crippen LogP contribution in [-0.4, -0.2) is 17.4 Å². The number of benzene rings is 2. The largest absolute Gasteiger partial charge is 0.374 e. The van der Waals surface area contributed by atoms with Gasteiger partial charge < -0.3 is 10.6 Å². The molecule has 0 radical (unpaired) electrons. The molecule has 8 heteroatoms. The maximum absolute atomic E-state index is 13.7. The van der Waals surface area contributed by atoms with Gasteiger partial charge in [-0.25, -0.2) is 4.39 Å². The van der Waals surface area contributed by atoms with E-state index in [0.29, 0.717) is 5.56 Å². The molecule has 1 amide bonds. The highest BCUT2D eigenvalue weighted by atomic mass is 35.5. The number of nitrogens with zero attached hydrogens (tertiary/aromatic N) is 1. The van der Waals surface area contributed by atoms with Crippen molar-refractivity contribution in [2.45, 2.75) is 6.92 Å². The molecule has 0 aliphatic carbocycles. The minimum atomic E-state index is -0.664. The smallest absolute Gasteiger partial charge is 0.293 e. The Morgan fingerprint density at radius 3 is 2.74 bits per heavy atom. The minimum absolute atomic E-state index is 0.0652. The lowest BCUT2D eigenvalue weighted by Crippen LogP contribution is -2.22. The van der Waals surface area contributed by atoms with E-state index < -0.39 is 16.6 Å². The van der Waals surface area contributed by atoms with Gasteiger partial charge in [-0.3, -0.25) is 14.9 Å². The monoisotopic (exact) mass is 337 g/mol. The molecule has 0 aliphatic heterocycles. The van der Waals surface area contributed by atoms with E-state index in [4.69, 9.17) is 11.6 Å². The standard InChI is InChI=1S/C15H13ClFN3O3/c1-9-5-6-11(13(7-9)20(22)23)19-14(21)8-18-12-4-2-3-10(16)15(12)17/h2-7,18H,8H2,1H3,(H,19,21). The van der Waals surface area contributed by atoms with Gasteiger partial charge in [-0.05, 0) is 30.7 Å². The van der Waals surface area contributed by atoms with Gasteiger partial charge >= 0.3 is 0 Å². The Hall–Kier alpha value is -2.67. The molecular weight excluding hydrogens is 325 g/mol. The maximum Gasteiger partial charge on any atom is 0.293 e. The van der Waals surface area contributed by atoms with Crippen LogP contribution in [0, 0.1) is 22.9 Å². The lowest BCUT2D eigenvalue weighted by atomic mass is 10.2. The number of nitrogens with one attached hydrogen (secondary N) is 2. The van der Waals surface area contributed by atoms with Gasteiger partial charge in [-0.15, -0.1) is 0 Å². The number of nitro benzene ring substituents is 1. The van der Waals surface area contributed by atoms with Crippen LogP contribution in [0.25, 0.3) is 0 Å². The average Bonchev–Trinajstić information content (AvgIpc) is 2.50. The first kappa shape index (κ1) is 16.7. The van der Waals surface area contributed by atoms with E-state index in [1.54, 1.807) is 13.0 Å². The third kappa shape index (κ3) is 4.17. The zero-order valence-corrected chi connectivity index (χ0v) is 12.9. The predicted molar refractivity (Wildman–Crippen MR) is 86.4 cm³/mol. The van der Waals surface area contributed by atoms with E-state index in [0.717, 1.165) is 0 Å². The van der Waals surface area contributed by atoms with Crippen molar-refractivity contribution in [3.05, 3.63) is 62.9 Å². The first-order valence-electron chi connectivity index (χ1n) is 6.61. The zero-order chi connectivity index (χ0) is 17.0. The number of anilines is 2. The Bertz CT molecular complexity index is 768. The van der Waals surface area contributed by atoms with Crippen molar-refractivity contribution in [1.82, 2.24) is 0 Å². The summed E-state index contributed by atoms with van der Waals surface area (Å²) in [5.41, 5.74) is 0.658. The van der Waals surface area contributed by atoms with Crippen molar-refractivity contribution in [3.8, 4) is 0 Å². The van der Waals surface area contributed by atoms with Gasteiger partial charge in [0, 0.05) is 6.07 Å². The number of aryl methyl sites for hydroxylation is 1. The molecule has 0 aliphatic rings. The summed E-state index contributed by atoms with van der Waals surface area (Å²) in [6.45, 7) is 1.45. The molecule has 0 aromatic heterocycles. The number of carbonyl (C=O) groups excluding carboxylic acids is 1. The van der Waals surface area contributed by atoms with E-state index >= 15 is 0 Å². The van der Waals surface area contributed by atoms with Crippen LogP contribution in [0.1, 0.15) is 5.56 Å². The van der Waals surface area contributed by atoms with Crippen molar-refractivity contribution in [3.63, 3.8) is 0 Å². The van der Waals surface area contributed by atoms with Crippen molar-refractivity contribution in [2.24, 2.45) is 0 Å². The SMILES string of the molecule is Cc1ccc(NC(=O)CNc2cccc(Cl)c2F)c([N+](=O)[O-])c1. The molecule has 0 atom stereocenters. The number of hydrogen-bond donors (Lipinski definition) is 2. The van der Waals surface area contributed by atoms with Crippen LogP contribution in [0.5, 0.6) is 0 Å². The van der Waals surface area contributed by atoms with Crippen LogP contribution in [0.4, 0.5) is 21.5 Å². The van der Waals surface area contributed by atoms with Gasteiger partial charge in [0.1, 0.15) is 5.69 Å². The molecule has 2 rings (SSSR count). The second-order valence-corrected chi connectivity index (χ2v) is 5.19. The Morgan fingerprint density at radius 2 is 2.04 bits per heavy atom. The van der Waals surface area contributed by atoms with E-state index in [9.17, 15) is 19.3 Å². The third-order valence-electron chi connectivity index (χ3n) is 3.02. The molecule has 0 spiro atoms. The topological polar surface area (TPSA) is 84.3 Å². The van der Waals surface area contributed by atoms with E-state index in [2.05, 4.69) is 10.6 Å². The van der Waals surface area contributed by atoms with Crippen LogP contribution < -0.4 is 10.6 Å². The Kier molecular flexibility index (Phi) is 5.13. The summed E-state index contributed by atoms with van der Waals surface area (Å²) >= 11 is 5.64. The maximum atomic E-state index is 13.7. The number of amides is 1. The van der Waals surface area contributed by atoms with Gasteiger partial charge in [0.05, 0.1) is 22.2 Å². The number of hydrogen-bond acceptors (Lipinski definition) is 4. The molecule has 6 nitrogen and oxygen atoms in total. The lowest BCUT2D eigenvalue weighted by molar-refractivity contribution is -0.384. The van der Waals surface area contributed by atoms with Gasteiger partial charge in [-0.1, -0.05) is 23.7 Å². The quantitative estimate of drug-likeness (QED) is 0.643. The molecule has 0 fully saturated rings. The summed E-state index contributed by atoms with van der Waals surface area (Å²) < 4.78 is 13.7. The third-order valence-corrected chi connectivity index (χ3v) is 3.31. The van der Waals surface area contributed by atoms with Gasteiger partial charge in [-0.2, -0.15) is 0 Å². The van der Waals surface area contributed by atoms with Gasteiger partial charge in [0.25, 0.3) is 5.69 Å². The molecule has 0 saturated carbocycles.